The van der Waals surface area contributed by atoms with Crippen molar-refractivity contribution in [2.24, 2.45) is 5.92 Å². The predicted octanol–water partition coefficient (Wildman–Crippen LogP) is 3.35. The van der Waals surface area contributed by atoms with Gasteiger partial charge in [-0.25, -0.2) is 18.0 Å². The van der Waals surface area contributed by atoms with Crippen LogP contribution in [0.3, 0.4) is 0 Å². The van der Waals surface area contributed by atoms with Gasteiger partial charge in [0.15, 0.2) is 0 Å². The summed E-state index contributed by atoms with van der Waals surface area (Å²) < 4.78 is 44.9. The van der Waals surface area contributed by atoms with Crippen LogP contribution in [0.15, 0.2) is 18.2 Å². The van der Waals surface area contributed by atoms with E-state index in [9.17, 15) is 22.8 Å². The number of alkyl carbamates (subject to hydrolysis) is 1. The van der Waals surface area contributed by atoms with Crippen LogP contribution in [0.1, 0.15) is 53.9 Å². The molecule has 0 bridgehead atoms. The largest absolute Gasteiger partial charge is 0.449 e. The van der Waals surface area contributed by atoms with Gasteiger partial charge in [-0.3, -0.25) is 4.79 Å². The number of rotatable bonds is 6. The normalized spacial score (nSPS) is 26.0. The molecule has 3 saturated carbocycles. The van der Waals surface area contributed by atoms with Gasteiger partial charge in [0.05, 0.1) is 12.2 Å². The van der Waals surface area contributed by atoms with Crippen molar-refractivity contribution in [2.75, 3.05) is 6.61 Å². The lowest BCUT2D eigenvalue weighted by Gasteiger charge is -2.35. The second-order valence-corrected chi connectivity index (χ2v) is 7.81. The van der Waals surface area contributed by atoms with Crippen molar-refractivity contribution in [2.45, 2.75) is 56.0 Å². The fraction of sp³-hybridized carbons (Fsp3) is 0.579. The Morgan fingerprint density at radius 3 is 2.59 bits per heavy atom. The number of carbonyl (C=O) groups is 2. The molecule has 0 spiro atoms. The van der Waals surface area contributed by atoms with Crippen LogP contribution in [-0.4, -0.2) is 36.6 Å². The minimum Gasteiger partial charge on any atom is -0.449 e. The zero-order valence-corrected chi connectivity index (χ0v) is 14.6. The highest BCUT2D eigenvalue weighted by atomic mass is 19.3. The number of benzene rings is 1. The maximum atomic E-state index is 14.0. The van der Waals surface area contributed by atoms with Crippen LogP contribution >= 0.6 is 0 Å². The number of carbonyl (C=O) groups excluding carboxylic acids is 2. The fourth-order valence-electron chi connectivity index (χ4n) is 3.37. The Labute approximate surface area is 154 Å². The van der Waals surface area contributed by atoms with E-state index in [0.29, 0.717) is 18.9 Å². The number of halogens is 3. The standard InChI is InChI=1S/C19H21F3N2O3/c20-15-4-3-11(5-14(15)17(25)23-12-7-19(21,22)8-12)13-6-16(13)24-18(26)27-9-10-1-2-10/h3-5,10,12-13,16H,1-2,6-9H2,(H,23,25)(H,24,26)/t13-,16+/m0/s1. The van der Waals surface area contributed by atoms with E-state index in [4.69, 9.17) is 4.74 Å². The topological polar surface area (TPSA) is 67.4 Å². The summed E-state index contributed by atoms with van der Waals surface area (Å²) in [6.07, 6.45) is 1.58. The van der Waals surface area contributed by atoms with Crippen molar-refractivity contribution in [1.82, 2.24) is 10.6 Å². The summed E-state index contributed by atoms with van der Waals surface area (Å²) in [5.41, 5.74) is 0.567. The summed E-state index contributed by atoms with van der Waals surface area (Å²) >= 11 is 0. The molecule has 1 aromatic rings. The molecule has 0 heterocycles. The summed E-state index contributed by atoms with van der Waals surface area (Å²) in [4.78, 5) is 23.9. The van der Waals surface area contributed by atoms with E-state index < -0.39 is 42.6 Å². The van der Waals surface area contributed by atoms with E-state index in [-0.39, 0.29) is 17.5 Å². The molecule has 0 aromatic heterocycles. The molecular formula is C19H21F3N2O3. The zero-order chi connectivity index (χ0) is 19.2. The van der Waals surface area contributed by atoms with Gasteiger partial charge in [0.25, 0.3) is 11.8 Å². The summed E-state index contributed by atoms with van der Waals surface area (Å²) in [5, 5.41) is 5.21. The Kier molecular flexibility index (Phi) is 4.52. The molecule has 0 saturated heterocycles. The van der Waals surface area contributed by atoms with Crippen LogP contribution in [0.4, 0.5) is 18.0 Å². The Bertz CT molecular complexity index is 759. The van der Waals surface area contributed by atoms with Gasteiger partial charge >= 0.3 is 6.09 Å². The third kappa shape index (κ3) is 4.36. The Hall–Kier alpha value is -2.25. The van der Waals surface area contributed by atoms with Gasteiger partial charge in [0.2, 0.25) is 0 Å². The smallest absolute Gasteiger partial charge is 0.407 e. The summed E-state index contributed by atoms with van der Waals surface area (Å²) in [6, 6.07) is 3.46. The van der Waals surface area contributed by atoms with Gasteiger partial charge in [-0.2, -0.15) is 0 Å². The summed E-state index contributed by atoms with van der Waals surface area (Å²) in [7, 11) is 0. The van der Waals surface area contributed by atoms with Crippen molar-refractivity contribution < 1.29 is 27.5 Å². The summed E-state index contributed by atoms with van der Waals surface area (Å²) in [6.45, 7) is 0.435. The van der Waals surface area contributed by atoms with Crippen LogP contribution in [0, 0.1) is 11.7 Å². The SMILES string of the molecule is O=C(N[C@@H]1C[C@H]1c1ccc(F)c(C(=O)NC2CC(F)(F)C2)c1)OCC1CC1. The lowest BCUT2D eigenvalue weighted by atomic mass is 9.88. The first-order chi connectivity index (χ1) is 12.8. The van der Waals surface area contributed by atoms with E-state index in [1.807, 2.05) is 0 Å². The molecule has 2 atom stereocenters. The average Bonchev–Trinajstić information content (AvgIpc) is 3.47. The Morgan fingerprint density at radius 2 is 1.93 bits per heavy atom. The molecule has 4 rings (SSSR count). The minimum atomic E-state index is -2.75. The molecule has 0 radical (unpaired) electrons. The van der Waals surface area contributed by atoms with Gasteiger partial charge < -0.3 is 15.4 Å². The predicted molar refractivity (Wildman–Crippen MR) is 90.2 cm³/mol. The molecule has 3 aliphatic carbocycles. The molecule has 3 aliphatic rings. The highest BCUT2D eigenvalue weighted by Gasteiger charge is 2.46. The summed E-state index contributed by atoms with van der Waals surface area (Å²) in [5.74, 6) is -3.67. The average molecular weight is 382 g/mol. The monoisotopic (exact) mass is 382 g/mol. The number of nitrogens with one attached hydrogen (secondary N) is 2. The van der Waals surface area contributed by atoms with Gasteiger partial charge in [0, 0.05) is 30.8 Å². The highest BCUT2D eigenvalue weighted by Crippen LogP contribution is 2.42. The van der Waals surface area contributed by atoms with Crippen LogP contribution in [0.25, 0.3) is 0 Å². The van der Waals surface area contributed by atoms with Gasteiger partial charge in [0.1, 0.15) is 5.82 Å². The van der Waals surface area contributed by atoms with Crippen LogP contribution in [0.5, 0.6) is 0 Å². The highest BCUT2D eigenvalue weighted by molar-refractivity contribution is 5.95. The van der Waals surface area contributed by atoms with Crippen LogP contribution in [-0.2, 0) is 4.74 Å². The van der Waals surface area contributed by atoms with Crippen molar-refractivity contribution >= 4 is 12.0 Å². The first kappa shape index (κ1) is 18.1. The fourth-order valence-corrected chi connectivity index (χ4v) is 3.37. The van der Waals surface area contributed by atoms with Crippen molar-refractivity contribution in [3.05, 3.63) is 35.1 Å². The van der Waals surface area contributed by atoms with Gasteiger partial charge in [-0.1, -0.05) is 6.07 Å². The first-order valence-corrected chi connectivity index (χ1v) is 9.22. The van der Waals surface area contributed by atoms with E-state index in [0.717, 1.165) is 18.4 Å². The maximum absolute atomic E-state index is 14.0. The van der Waals surface area contributed by atoms with Crippen LogP contribution in [0.2, 0.25) is 0 Å². The molecule has 2 N–H and O–H groups in total. The van der Waals surface area contributed by atoms with E-state index in [1.165, 1.54) is 12.1 Å². The molecule has 0 unspecified atom stereocenters. The number of ether oxygens (including phenoxy) is 1. The lowest BCUT2D eigenvalue weighted by molar-refractivity contribution is -0.0901. The molecule has 3 fully saturated rings. The third-order valence-corrected chi connectivity index (χ3v) is 5.33. The molecule has 0 aliphatic heterocycles. The molecule has 1 aromatic carbocycles. The zero-order valence-electron chi connectivity index (χ0n) is 14.6. The number of hydrogen-bond acceptors (Lipinski definition) is 3. The minimum absolute atomic E-state index is 0.0151. The second-order valence-electron chi connectivity index (χ2n) is 7.81. The van der Waals surface area contributed by atoms with Crippen molar-refractivity contribution in [3.63, 3.8) is 0 Å². The van der Waals surface area contributed by atoms with Gasteiger partial charge in [-0.05, 0) is 42.9 Å². The first-order valence-electron chi connectivity index (χ1n) is 9.22. The van der Waals surface area contributed by atoms with Gasteiger partial charge in [-0.15, -0.1) is 0 Å². The van der Waals surface area contributed by atoms with Crippen molar-refractivity contribution in [3.8, 4) is 0 Å². The van der Waals surface area contributed by atoms with Crippen molar-refractivity contribution in [1.29, 1.82) is 0 Å². The number of alkyl halides is 2. The quantitative estimate of drug-likeness (QED) is 0.793. The number of amides is 2. The molecule has 5 nitrogen and oxygen atoms in total. The van der Waals surface area contributed by atoms with E-state index in [1.54, 1.807) is 6.07 Å². The maximum Gasteiger partial charge on any atom is 0.407 e. The van der Waals surface area contributed by atoms with E-state index in [2.05, 4.69) is 10.6 Å². The lowest BCUT2D eigenvalue weighted by Crippen LogP contribution is -2.50. The molecule has 8 heteroatoms. The number of hydrogen-bond donors (Lipinski definition) is 2. The molecule has 27 heavy (non-hydrogen) atoms. The van der Waals surface area contributed by atoms with Crippen LogP contribution < -0.4 is 10.6 Å². The molecule has 146 valence electrons. The Balaban J connectivity index is 1.32. The molecule has 2 amide bonds. The third-order valence-electron chi connectivity index (χ3n) is 5.33. The Morgan fingerprint density at radius 1 is 1.19 bits per heavy atom. The second kappa shape index (κ2) is 6.73. The molecular weight excluding hydrogens is 361 g/mol. The van der Waals surface area contributed by atoms with E-state index >= 15 is 0 Å².